The zero-order valence-corrected chi connectivity index (χ0v) is 11.7. The number of hydrogen-bond donors (Lipinski definition) is 2. The van der Waals surface area contributed by atoms with Gasteiger partial charge in [0.25, 0.3) is 5.69 Å². The Morgan fingerprint density at radius 2 is 1.95 bits per heavy atom. The van der Waals surface area contributed by atoms with Crippen LogP contribution in [0.4, 0.5) is 5.69 Å². The number of nitrogens with one attached hydrogen (secondary N) is 2. The second kappa shape index (κ2) is 5.62. The molecular weight excluding hydrogens is 298 g/mol. The van der Waals surface area contributed by atoms with Crippen molar-refractivity contribution in [2.24, 2.45) is 0 Å². The molecule has 112 valence electrons. The van der Waals surface area contributed by atoms with Gasteiger partial charge >= 0.3 is 0 Å². The first kappa shape index (κ1) is 15.1. The summed E-state index contributed by atoms with van der Waals surface area (Å²) in [4.78, 5) is 21.4. The van der Waals surface area contributed by atoms with Gasteiger partial charge in [-0.05, 0) is 25.0 Å². The number of nitro groups is 1. The fraction of sp³-hybridized carbons (Fsp3) is 0.250. The molecule has 1 aliphatic rings. The van der Waals surface area contributed by atoms with E-state index in [0.717, 1.165) is 24.3 Å². The topological polar surface area (TPSA) is 118 Å². The number of carbonyl (C=O) groups excluding carboxylic acids is 1. The molecule has 9 heteroatoms. The van der Waals surface area contributed by atoms with Gasteiger partial charge in [0.2, 0.25) is 15.9 Å². The lowest BCUT2D eigenvalue weighted by molar-refractivity contribution is -0.384. The molecule has 0 radical (unpaired) electrons. The summed E-state index contributed by atoms with van der Waals surface area (Å²) in [7, 11) is -3.92. The van der Waals surface area contributed by atoms with Crippen LogP contribution in [0.2, 0.25) is 0 Å². The largest absolute Gasteiger partial charge is 0.329 e. The Morgan fingerprint density at radius 1 is 1.33 bits per heavy atom. The molecule has 1 aromatic carbocycles. The maximum atomic E-state index is 12.1. The van der Waals surface area contributed by atoms with Crippen molar-refractivity contribution in [3.8, 4) is 0 Å². The standard InChI is InChI=1S/C12H13N3O5S/c1-8-2-7-11(12(16)13-8)14-21(19,20)10-5-3-9(4-6-10)15(17)18/h3-6,11,14H,1-2,7H2,(H,13,16). The van der Waals surface area contributed by atoms with E-state index in [2.05, 4.69) is 16.6 Å². The van der Waals surface area contributed by atoms with E-state index in [1.807, 2.05) is 0 Å². The van der Waals surface area contributed by atoms with Crippen LogP contribution in [0.5, 0.6) is 0 Å². The van der Waals surface area contributed by atoms with Crippen LogP contribution in [0.3, 0.4) is 0 Å². The first-order valence-corrected chi connectivity index (χ1v) is 7.53. The van der Waals surface area contributed by atoms with Crippen LogP contribution in [0.25, 0.3) is 0 Å². The first-order chi connectivity index (χ1) is 9.79. The minimum Gasteiger partial charge on any atom is -0.329 e. The second-order valence-electron chi connectivity index (χ2n) is 4.56. The minimum absolute atomic E-state index is 0.134. The number of nitrogens with zero attached hydrogens (tertiary/aromatic N) is 1. The molecule has 1 aromatic rings. The van der Waals surface area contributed by atoms with Gasteiger partial charge in [-0.3, -0.25) is 14.9 Å². The summed E-state index contributed by atoms with van der Waals surface area (Å²) >= 11 is 0. The Labute approximate surface area is 121 Å². The number of hydrogen-bond acceptors (Lipinski definition) is 5. The van der Waals surface area contributed by atoms with Crippen molar-refractivity contribution < 1.29 is 18.1 Å². The molecule has 0 aromatic heterocycles. The zero-order chi connectivity index (χ0) is 15.6. The van der Waals surface area contributed by atoms with Crippen LogP contribution >= 0.6 is 0 Å². The second-order valence-corrected chi connectivity index (χ2v) is 6.27. The molecule has 1 saturated heterocycles. The third-order valence-electron chi connectivity index (χ3n) is 3.01. The predicted molar refractivity (Wildman–Crippen MR) is 73.7 cm³/mol. The summed E-state index contributed by atoms with van der Waals surface area (Å²) in [5, 5.41) is 13.0. The maximum absolute atomic E-state index is 12.1. The Bertz CT molecular complexity index is 696. The third kappa shape index (κ3) is 3.44. The normalized spacial score (nSPS) is 19.1. The van der Waals surface area contributed by atoms with Gasteiger partial charge in [-0.15, -0.1) is 0 Å². The van der Waals surface area contributed by atoms with E-state index in [1.54, 1.807) is 0 Å². The third-order valence-corrected chi connectivity index (χ3v) is 4.49. The van der Waals surface area contributed by atoms with Crippen molar-refractivity contribution in [3.05, 3.63) is 46.7 Å². The van der Waals surface area contributed by atoms with Crippen LogP contribution in [0.15, 0.2) is 41.4 Å². The molecular formula is C12H13N3O5S. The Hall–Kier alpha value is -2.26. The maximum Gasteiger partial charge on any atom is 0.269 e. The number of rotatable bonds is 4. The first-order valence-electron chi connectivity index (χ1n) is 6.05. The van der Waals surface area contributed by atoms with E-state index in [1.165, 1.54) is 0 Å². The van der Waals surface area contributed by atoms with Gasteiger partial charge < -0.3 is 5.32 Å². The highest BCUT2D eigenvalue weighted by Gasteiger charge is 2.29. The molecule has 8 nitrogen and oxygen atoms in total. The van der Waals surface area contributed by atoms with Crippen molar-refractivity contribution in [1.29, 1.82) is 0 Å². The molecule has 0 spiro atoms. The number of non-ortho nitro benzene ring substituents is 1. The van der Waals surface area contributed by atoms with Gasteiger partial charge in [-0.25, -0.2) is 8.42 Å². The molecule has 1 amide bonds. The fourth-order valence-electron chi connectivity index (χ4n) is 1.89. The molecule has 1 fully saturated rings. The quantitative estimate of drug-likeness (QED) is 0.625. The van der Waals surface area contributed by atoms with E-state index in [9.17, 15) is 23.3 Å². The van der Waals surface area contributed by atoms with Gasteiger partial charge in [0.05, 0.1) is 9.82 Å². The Kier molecular flexibility index (Phi) is 4.05. The predicted octanol–water partition coefficient (Wildman–Crippen LogP) is 0.665. The molecule has 2 N–H and O–H groups in total. The molecule has 2 rings (SSSR count). The number of allylic oxidation sites excluding steroid dienone is 1. The summed E-state index contributed by atoms with van der Waals surface area (Å²) < 4.78 is 26.5. The molecule has 1 heterocycles. The molecule has 0 aliphatic carbocycles. The van der Waals surface area contributed by atoms with Crippen LogP contribution in [-0.2, 0) is 14.8 Å². The summed E-state index contributed by atoms with van der Waals surface area (Å²) in [5.74, 6) is -0.461. The average Bonchev–Trinajstić information content (AvgIpc) is 2.42. The van der Waals surface area contributed by atoms with Crippen molar-refractivity contribution in [1.82, 2.24) is 10.0 Å². The Morgan fingerprint density at radius 3 is 2.48 bits per heavy atom. The highest BCUT2D eigenvalue weighted by Crippen LogP contribution is 2.18. The number of amides is 1. The number of sulfonamides is 1. The van der Waals surface area contributed by atoms with E-state index >= 15 is 0 Å². The van der Waals surface area contributed by atoms with E-state index < -0.39 is 26.9 Å². The van der Waals surface area contributed by atoms with Crippen molar-refractivity contribution in [3.63, 3.8) is 0 Å². The molecule has 1 atom stereocenters. The van der Waals surface area contributed by atoms with Gasteiger partial charge in [-0.2, -0.15) is 4.72 Å². The summed E-state index contributed by atoms with van der Waals surface area (Å²) in [5.41, 5.74) is 0.339. The van der Waals surface area contributed by atoms with Gasteiger partial charge in [-0.1, -0.05) is 6.58 Å². The molecule has 0 bridgehead atoms. The van der Waals surface area contributed by atoms with Gasteiger partial charge in [0.1, 0.15) is 6.04 Å². The van der Waals surface area contributed by atoms with E-state index in [-0.39, 0.29) is 10.6 Å². The lowest BCUT2D eigenvalue weighted by Gasteiger charge is -2.24. The molecule has 1 aliphatic heterocycles. The Balaban J connectivity index is 2.16. The van der Waals surface area contributed by atoms with Gasteiger partial charge in [0.15, 0.2) is 0 Å². The number of benzene rings is 1. The van der Waals surface area contributed by atoms with Crippen molar-refractivity contribution >= 4 is 21.6 Å². The highest BCUT2D eigenvalue weighted by atomic mass is 32.2. The molecule has 1 unspecified atom stereocenters. The number of piperidine rings is 1. The van der Waals surface area contributed by atoms with Crippen LogP contribution < -0.4 is 10.0 Å². The smallest absolute Gasteiger partial charge is 0.269 e. The van der Waals surface area contributed by atoms with Crippen molar-refractivity contribution in [2.45, 2.75) is 23.8 Å². The van der Waals surface area contributed by atoms with E-state index in [4.69, 9.17) is 0 Å². The lowest BCUT2D eigenvalue weighted by Crippen LogP contribution is -2.49. The lowest BCUT2D eigenvalue weighted by atomic mass is 10.1. The fourth-order valence-corrected chi connectivity index (χ4v) is 3.12. The monoisotopic (exact) mass is 311 g/mol. The highest BCUT2D eigenvalue weighted by molar-refractivity contribution is 7.89. The zero-order valence-electron chi connectivity index (χ0n) is 10.9. The SMILES string of the molecule is C=C1CCC(NS(=O)(=O)c2ccc([N+](=O)[O-])cc2)C(=O)N1. The van der Waals surface area contributed by atoms with Gasteiger partial charge in [0, 0.05) is 17.8 Å². The molecule has 21 heavy (non-hydrogen) atoms. The molecule has 0 saturated carbocycles. The number of nitro benzene ring substituents is 1. The van der Waals surface area contributed by atoms with Crippen LogP contribution in [0, 0.1) is 10.1 Å². The van der Waals surface area contributed by atoms with E-state index in [0.29, 0.717) is 18.5 Å². The number of carbonyl (C=O) groups is 1. The average molecular weight is 311 g/mol. The van der Waals surface area contributed by atoms with Crippen LogP contribution in [0.1, 0.15) is 12.8 Å². The minimum atomic E-state index is -3.92. The summed E-state index contributed by atoms with van der Waals surface area (Å²) in [6.07, 6.45) is 0.802. The van der Waals surface area contributed by atoms with Crippen molar-refractivity contribution in [2.75, 3.05) is 0 Å². The summed E-state index contributed by atoms with van der Waals surface area (Å²) in [6.45, 7) is 3.61. The van der Waals surface area contributed by atoms with Crippen LogP contribution in [-0.4, -0.2) is 25.3 Å². The summed E-state index contributed by atoms with van der Waals surface area (Å²) in [6, 6.07) is 3.56.